The molecule has 4 nitrogen and oxygen atoms in total. The maximum Gasteiger partial charge on any atom is 0.283 e. The van der Waals surface area contributed by atoms with Gasteiger partial charge in [0.25, 0.3) is 5.69 Å². The standard InChI is InChI=1S/C10H12BrNO3/c1-10(2,6-13)7-4-3-5-8(9(7)11)12(14)15/h3-5,13H,6H2,1-2H3. The number of aliphatic hydroxyl groups is 1. The van der Waals surface area contributed by atoms with Crippen LogP contribution in [0.4, 0.5) is 5.69 Å². The molecule has 1 rings (SSSR count). The Morgan fingerprint density at radius 1 is 1.53 bits per heavy atom. The van der Waals surface area contributed by atoms with Gasteiger partial charge in [0, 0.05) is 11.5 Å². The summed E-state index contributed by atoms with van der Waals surface area (Å²) in [5, 5.41) is 19.9. The lowest BCUT2D eigenvalue weighted by Gasteiger charge is -2.23. The predicted molar refractivity (Wildman–Crippen MR) is 60.9 cm³/mol. The Labute approximate surface area is 96.2 Å². The molecule has 82 valence electrons. The van der Waals surface area contributed by atoms with Crippen LogP contribution in [0, 0.1) is 10.1 Å². The SMILES string of the molecule is CC(C)(CO)c1cccc([N+](=O)[O-])c1Br. The van der Waals surface area contributed by atoms with Crippen LogP contribution in [0.15, 0.2) is 22.7 Å². The van der Waals surface area contributed by atoms with E-state index >= 15 is 0 Å². The highest BCUT2D eigenvalue weighted by molar-refractivity contribution is 9.10. The van der Waals surface area contributed by atoms with Gasteiger partial charge in [-0.3, -0.25) is 10.1 Å². The smallest absolute Gasteiger partial charge is 0.283 e. The van der Waals surface area contributed by atoms with Gasteiger partial charge in [-0.1, -0.05) is 26.0 Å². The minimum absolute atomic E-state index is 0.0222. The Morgan fingerprint density at radius 2 is 2.13 bits per heavy atom. The van der Waals surface area contributed by atoms with Gasteiger partial charge < -0.3 is 5.11 Å². The molecule has 0 spiro atoms. The first-order valence-corrected chi connectivity index (χ1v) is 5.23. The Balaban J connectivity index is 3.33. The molecular weight excluding hydrogens is 262 g/mol. The fourth-order valence-corrected chi connectivity index (χ4v) is 2.21. The lowest BCUT2D eigenvalue weighted by atomic mass is 9.85. The van der Waals surface area contributed by atoms with E-state index in [9.17, 15) is 15.2 Å². The van der Waals surface area contributed by atoms with Crippen molar-refractivity contribution >= 4 is 21.6 Å². The normalized spacial score (nSPS) is 11.5. The van der Waals surface area contributed by atoms with Gasteiger partial charge in [-0.25, -0.2) is 0 Å². The molecule has 0 heterocycles. The summed E-state index contributed by atoms with van der Waals surface area (Å²) in [7, 11) is 0. The van der Waals surface area contributed by atoms with E-state index in [-0.39, 0.29) is 12.3 Å². The average Bonchev–Trinajstić information content (AvgIpc) is 2.17. The quantitative estimate of drug-likeness (QED) is 0.680. The van der Waals surface area contributed by atoms with Crippen molar-refractivity contribution in [3.8, 4) is 0 Å². The third kappa shape index (κ3) is 2.35. The van der Waals surface area contributed by atoms with Gasteiger partial charge in [0.1, 0.15) is 0 Å². The molecule has 0 unspecified atom stereocenters. The number of aliphatic hydroxyl groups excluding tert-OH is 1. The monoisotopic (exact) mass is 273 g/mol. The molecule has 0 fully saturated rings. The Kier molecular flexibility index (Phi) is 3.46. The van der Waals surface area contributed by atoms with Crippen LogP contribution in [0.3, 0.4) is 0 Å². The summed E-state index contributed by atoms with van der Waals surface area (Å²) >= 11 is 3.21. The molecule has 0 aliphatic carbocycles. The summed E-state index contributed by atoms with van der Waals surface area (Å²) in [6, 6.07) is 4.82. The van der Waals surface area contributed by atoms with Crippen LogP contribution in [0.5, 0.6) is 0 Å². The Bertz CT molecular complexity index is 390. The van der Waals surface area contributed by atoms with E-state index in [1.165, 1.54) is 6.07 Å². The summed E-state index contributed by atoms with van der Waals surface area (Å²) in [6.07, 6.45) is 0. The van der Waals surface area contributed by atoms with Crippen LogP contribution in [0.1, 0.15) is 19.4 Å². The predicted octanol–water partition coefficient (Wildman–Crippen LogP) is 2.63. The number of nitro groups is 1. The van der Waals surface area contributed by atoms with Gasteiger partial charge in [0.05, 0.1) is 16.0 Å². The lowest BCUT2D eigenvalue weighted by Crippen LogP contribution is -2.22. The number of rotatable bonds is 3. The number of nitro benzene ring substituents is 1. The van der Waals surface area contributed by atoms with Crippen LogP contribution in [-0.4, -0.2) is 16.6 Å². The highest BCUT2D eigenvalue weighted by Gasteiger charge is 2.26. The van der Waals surface area contributed by atoms with E-state index < -0.39 is 10.3 Å². The number of nitrogens with zero attached hydrogens (tertiary/aromatic N) is 1. The van der Waals surface area contributed by atoms with Gasteiger partial charge in [0.2, 0.25) is 0 Å². The van der Waals surface area contributed by atoms with E-state index in [0.29, 0.717) is 4.47 Å². The van der Waals surface area contributed by atoms with Crippen LogP contribution in [-0.2, 0) is 5.41 Å². The lowest BCUT2D eigenvalue weighted by molar-refractivity contribution is -0.385. The van der Waals surface area contributed by atoms with Crippen LogP contribution in [0.2, 0.25) is 0 Å². The van der Waals surface area contributed by atoms with Crippen molar-refractivity contribution in [3.05, 3.63) is 38.3 Å². The molecule has 1 N–H and O–H groups in total. The van der Waals surface area contributed by atoms with Gasteiger partial charge in [-0.05, 0) is 21.5 Å². The molecule has 0 bridgehead atoms. The summed E-state index contributed by atoms with van der Waals surface area (Å²) in [5.41, 5.74) is 0.262. The van der Waals surface area contributed by atoms with Crippen molar-refractivity contribution in [2.45, 2.75) is 19.3 Å². The second kappa shape index (κ2) is 4.28. The zero-order chi connectivity index (χ0) is 11.6. The van der Waals surface area contributed by atoms with Crippen LogP contribution >= 0.6 is 15.9 Å². The fraction of sp³-hybridized carbons (Fsp3) is 0.400. The largest absolute Gasteiger partial charge is 0.395 e. The second-order valence-corrected chi connectivity index (χ2v) is 4.73. The first-order chi connectivity index (χ1) is 6.90. The highest BCUT2D eigenvalue weighted by atomic mass is 79.9. The topological polar surface area (TPSA) is 63.4 Å². The summed E-state index contributed by atoms with van der Waals surface area (Å²) in [5.74, 6) is 0. The van der Waals surface area contributed by atoms with Gasteiger partial charge >= 0.3 is 0 Å². The van der Waals surface area contributed by atoms with E-state index in [4.69, 9.17) is 0 Å². The number of hydrogen-bond donors (Lipinski definition) is 1. The molecule has 0 atom stereocenters. The first kappa shape index (κ1) is 12.1. The third-order valence-electron chi connectivity index (χ3n) is 2.30. The molecule has 0 aromatic heterocycles. The zero-order valence-electron chi connectivity index (χ0n) is 8.53. The van der Waals surface area contributed by atoms with Crippen molar-refractivity contribution < 1.29 is 10.0 Å². The molecule has 0 amide bonds. The van der Waals surface area contributed by atoms with E-state index in [1.807, 2.05) is 13.8 Å². The maximum absolute atomic E-state index is 10.7. The highest BCUT2D eigenvalue weighted by Crippen LogP contribution is 2.35. The molecule has 0 saturated carbocycles. The average molecular weight is 274 g/mol. The summed E-state index contributed by atoms with van der Waals surface area (Å²) in [6.45, 7) is 3.60. The van der Waals surface area contributed by atoms with E-state index in [2.05, 4.69) is 15.9 Å². The third-order valence-corrected chi connectivity index (χ3v) is 3.13. The number of hydrogen-bond acceptors (Lipinski definition) is 3. The zero-order valence-corrected chi connectivity index (χ0v) is 10.1. The second-order valence-electron chi connectivity index (χ2n) is 3.94. The minimum Gasteiger partial charge on any atom is -0.395 e. The van der Waals surface area contributed by atoms with Crippen LogP contribution < -0.4 is 0 Å². The molecule has 0 aliphatic heterocycles. The van der Waals surface area contributed by atoms with E-state index in [0.717, 1.165) is 5.56 Å². The minimum atomic E-state index is -0.495. The molecule has 15 heavy (non-hydrogen) atoms. The van der Waals surface area contributed by atoms with E-state index in [1.54, 1.807) is 12.1 Å². The van der Waals surface area contributed by atoms with Crippen molar-refractivity contribution in [1.29, 1.82) is 0 Å². The molecule has 0 aliphatic rings. The van der Waals surface area contributed by atoms with Crippen molar-refractivity contribution in [2.24, 2.45) is 0 Å². The van der Waals surface area contributed by atoms with Gasteiger partial charge in [-0.2, -0.15) is 0 Å². The molecule has 0 saturated heterocycles. The van der Waals surface area contributed by atoms with Crippen molar-refractivity contribution in [2.75, 3.05) is 6.61 Å². The number of halogens is 1. The number of benzene rings is 1. The summed E-state index contributed by atoms with van der Waals surface area (Å²) < 4.78 is 0.439. The maximum atomic E-state index is 10.7. The van der Waals surface area contributed by atoms with Crippen molar-refractivity contribution in [1.82, 2.24) is 0 Å². The molecule has 1 aromatic rings. The molecule has 1 aromatic carbocycles. The molecule has 0 radical (unpaired) electrons. The molecular formula is C10H12BrNO3. The Hall–Kier alpha value is -0.940. The first-order valence-electron chi connectivity index (χ1n) is 4.44. The van der Waals surface area contributed by atoms with Gasteiger partial charge in [-0.15, -0.1) is 0 Å². The fourth-order valence-electron chi connectivity index (χ4n) is 1.27. The Morgan fingerprint density at radius 3 is 2.60 bits per heavy atom. The van der Waals surface area contributed by atoms with Crippen LogP contribution in [0.25, 0.3) is 0 Å². The van der Waals surface area contributed by atoms with Crippen molar-refractivity contribution in [3.63, 3.8) is 0 Å². The van der Waals surface area contributed by atoms with Gasteiger partial charge in [0.15, 0.2) is 0 Å². The molecule has 5 heteroatoms. The summed E-state index contributed by atoms with van der Waals surface area (Å²) in [4.78, 5) is 10.3.